The molecule has 0 saturated carbocycles. The zero-order valence-electron chi connectivity index (χ0n) is 23.6. The van der Waals surface area contributed by atoms with Crippen molar-refractivity contribution in [1.29, 1.82) is 0 Å². The fourth-order valence-corrected chi connectivity index (χ4v) is 6.03. The lowest BCUT2D eigenvalue weighted by Crippen LogP contribution is -2.41. The Labute approximate surface area is 248 Å². The summed E-state index contributed by atoms with van der Waals surface area (Å²) in [7, 11) is 0. The molecule has 200 valence electrons. The number of benzene rings is 6. The number of hydrogen-bond donors (Lipinski definition) is 0. The molecule has 0 aliphatic carbocycles. The first-order chi connectivity index (χ1) is 20.8. The maximum Gasteiger partial charge on any atom is 0.207 e. The molecule has 0 spiro atoms. The van der Waals surface area contributed by atoms with E-state index in [4.69, 9.17) is 0 Å². The van der Waals surface area contributed by atoms with Crippen LogP contribution in [0.3, 0.4) is 0 Å². The minimum atomic E-state index is 0.261. The first-order valence-corrected chi connectivity index (χ1v) is 14.5. The smallest absolute Gasteiger partial charge is 0.207 e. The number of rotatable bonds is 6. The molecular weight excluding hydrogens is 507 g/mol. The Balaban J connectivity index is 1.30. The molecule has 3 heteroatoms. The fourth-order valence-electron chi connectivity index (χ4n) is 6.03. The number of fused-ring (bicyclic) bond motifs is 2. The molecule has 0 amide bonds. The Morgan fingerprint density at radius 1 is 0.357 bits per heavy atom. The van der Waals surface area contributed by atoms with E-state index in [0.29, 0.717) is 0 Å². The first-order valence-electron chi connectivity index (χ1n) is 14.5. The van der Waals surface area contributed by atoms with Gasteiger partial charge in [-0.25, -0.2) is 0 Å². The van der Waals surface area contributed by atoms with Crippen LogP contribution in [0.25, 0.3) is 12.2 Å². The first kappa shape index (κ1) is 25.7. The second-order valence-electron chi connectivity index (χ2n) is 10.7. The van der Waals surface area contributed by atoms with Crippen LogP contribution in [0, 0.1) is 0 Å². The average Bonchev–Trinajstić information content (AvgIpc) is 3.19. The molecule has 0 N–H and O–H groups in total. The lowest BCUT2D eigenvalue weighted by Gasteiger charge is -2.27. The second-order valence-corrected chi connectivity index (χ2v) is 10.7. The van der Waals surface area contributed by atoms with Crippen molar-refractivity contribution in [3.8, 4) is 0 Å². The Morgan fingerprint density at radius 3 is 0.976 bits per heavy atom. The minimum Gasteiger partial charge on any atom is -0.310 e. The van der Waals surface area contributed by atoms with E-state index in [2.05, 4.69) is 187 Å². The molecule has 0 saturated heterocycles. The zero-order valence-corrected chi connectivity index (χ0v) is 23.6. The number of anilines is 6. The van der Waals surface area contributed by atoms with Gasteiger partial charge in [-0.15, -0.1) is 0 Å². The number of para-hydroxylation sites is 4. The Morgan fingerprint density at radius 2 is 0.667 bits per heavy atom. The topological polar surface area (TPSA) is 6.48 Å². The van der Waals surface area contributed by atoms with Gasteiger partial charge in [-0.05, 0) is 83.9 Å². The van der Waals surface area contributed by atoms with Gasteiger partial charge in [0.15, 0.2) is 0 Å². The van der Waals surface area contributed by atoms with Gasteiger partial charge < -0.3 is 9.80 Å². The molecule has 7 rings (SSSR count). The SMILES string of the molecule is CB1c2ccc(N(c3ccccc3)c3ccccc3)cc2C=Cc2cc(N(c3ccccc3)c3ccccc3)ccc21. The number of nitrogens with zero attached hydrogens (tertiary/aromatic N) is 2. The van der Waals surface area contributed by atoms with Crippen LogP contribution in [0.15, 0.2) is 158 Å². The summed E-state index contributed by atoms with van der Waals surface area (Å²) in [5.41, 5.74) is 12.0. The molecule has 0 fully saturated rings. The lowest BCUT2D eigenvalue weighted by molar-refractivity contribution is 1.28. The predicted molar refractivity (Wildman–Crippen MR) is 182 cm³/mol. The van der Waals surface area contributed by atoms with Crippen molar-refractivity contribution in [3.05, 3.63) is 169 Å². The Bertz CT molecular complexity index is 1620. The summed E-state index contributed by atoms with van der Waals surface area (Å²) in [5, 5.41) is 0. The predicted octanol–water partition coefficient (Wildman–Crippen LogP) is 9.35. The molecule has 42 heavy (non-hydrogen) atoms. The van der Waals surface area contributed by atoms with Gasteiger partial charge >= 0.3 is 0 Å². The summed E-state index contributed by atoms with van der Waals surface area (Å²) < 4.78 is 0. The monoisotopic (exact) mass is 538 g/mol. The van der Waals surface area contributed by atoms with Gasteiger partial charge in [0.25, 0.3) is 0 Å². The van der Waals surface area contributed by atoms with Crippen molar-refractivity contribution in [1.82, 2.24) is 0 Å². The van der Waals surface area contributed by atoms with Crippen LogP contribution in [0.5, 0.6) is 0 Å². The van der Waals surface area contributed by atoms with E-state index >= 15 is 0 Å². The van der Waals surface area contributed by atoms with Crippen molar-refractivity contribution in [2.75, 3.05) is 9.80 Å². The normalized spacial score (nSPS) is 11.8. The van der Waals surface area contributed by atoms with Crippen molar-refractivity contribution in [2.24, 2.45) is 0 Å². The highest BCUT2D eigenvalue weighted by atomic mass is 15.1. The van der Waals surface area contributed by atoms with E-state index in [-0.39, 0.29) is 6.71 Å². The molecule has 0 unspecified atom stereocenters. The van der Waals surface area contributed by atoms with Crippen molar-refractivity contribution >= 4 is 63.9 Å². The van der Waals surface area contributed by atoms with Crippen LogP contribution < -0.4 is 20.7 Å². The molecule has 1 heterocycles. The van der Waals surface area contributed by atoms with Gasteiger partial charge in [0.1, 0.15) is 0 Å². The molecule has 0 aromatic heterocycles. The third-order valence-corrected chi connectivity index (χ3v) is 8.09. The summed E-state index contributed by atoms with van der Waals surface area (Å²) in [5.74, 6) is 0. The molecule has 1 aliphatic rings. The molecule has 6 aromatic rings. The highest BCUT2D eigenvalue weighted by Gasteiger charge is 2.24. The van der Waals surface area contributed by atoms with Crippen LogP contribution in [0.4, 0.5) is 34.1 Å². The quantitative estimate of drug-likeness (QED) is 0.195. The molecule has 2 nitrogen and oxygen atoms in total. The van der Waals surface area contributed by atoms with Gasteiger partial charge in [0.05, 0.1) is 0 Å². The molecule has 0 radical (unpaired) electrons. The van der Waals surface area contributed by atoms with E-state index in [1.165, 1.54) is 22.1 Å². The third kappa shape index (κ3) is 4.91. The van der Waals surface area contributed by atoms with Crippen LogP contribution in [-0.4, -0.2) is 6.71 Å². The molecule has 6 aromatic carbocycles. The van der Waals surface area contributed by atoms with E-state index in [1.807, 2.05) is 0 Å². The van der Waals surface area contributed by atoms with E-state index in [9.17, 15) is 0 Å². The van der Waals surface area contributed by atoms with Gasteiger partial charge in [0, 0.05) is 34.1 Å². The summed E-state index contributed by atoms with van der Waals surface area (Å²) in [4.78, 5) is 4.65. The second kappa shape index (κ2) is 11.3. The standard InChI is InChI=1S/C39H31BN2/c1-40-38-26-24-36(41(32-14-6-2-7-15-32)33-16-8-3-9-17-33)28-30(38)22-23-31-29-37(25-27-39(31)40)42(34-18-10-4-11-19-34)35-20-12-5-13-21-35/h2-29H,1H3. The van der Waals surface area contributed by atoms with Crippen LogP contribution in [0.2, 0.25) is 6.82 Å². The minimum absolute atomic E-state index is 0.261. The summed E-state index contributed by atoms with van der Waals surface area (Å²) in [6.07, 6.45) is 4.57. The maximum atomic E-state index is 2.33. The maximum absolute atomic E-state index is 2.33. The fraction of sp³-hybridized carbons (Fsp3) is 0.0256. The zero-order chi connectivity index (χ0) is 28.3. The van der Waals surface area contributed by atoms with Gasteiger partial charge in [-0.3, -0.25) is 0 Å². The lowest BCUT2D eigenvalue weighted by atomic mass is 9.41. The van der Waals surface area contributed by atoms with Gasteiger partial charge in [-0.1, -0.05) is 115 Å². The Hall–Kier alpha value is -5.28. The average molecular weight is 539 g/mol. The van der Waals surface area contributed by atoms with Gasteiger partial charge in [-0.2, -0.15) is 0 Å². The van der Waals surface area contributed by atoms with Crippen molar-refractivity contribution < 1.29 is 0 Å². The highest BCUT2D eigenvalue weighted by molar-refractivity contribution is 6.85. The summed E-state index contributed by atoms with van der Waals surface area (Å²) in [6, 6.07) is 56.2. The van der Waals surface area contributed by atoms with E-state index < -0.39 is 0 Å². The largest absolute Gasteiger partial charge is 0.310 e. The van der Waals surface area contributed by atoms with Crippen molar-refractivity contribution in [2.45, 2.75) is 6.82 Å². The van der Waals surface area contributed by atoms with E-state index in [1.54, 1.807) is 0 Å². The van der Waals surface area contributed by atoms with Crippen molar-refractivity contribution in [3.63, 3.8) is 0 Å². The third-order valence-electron chi connectivity index (χ3n) is 8.09. The van der Waals surface area contributed by atoms with Crippen LogP contribution >= 0.6 is 0 Å². The van der Waals surface area contributed by atoms with Gasteiger partial charge in [0.2, 0.25) is 6.71 Å². The molecule has 0 bridgehead atoms. The van der Waals surface area contributed by atoms with Crippen LogP contribution in [-0.2, 0) is 0 Å². The molecular formula is C39H31BN2. The Kier molecular flexibility index (Phi) is 6.91. The van der Waals surface area contributed by atoms with Crippen LogP contribution in [0.1, 0.15) is 11.1 Å². The summed E-state index contributed by atoms with van der Waals surface area (Å²) in [6.45, 7) is 2.58. The number of hydrogen-bond acceptors (Lipinski definition) is 2. The highest BCUT2D eigenvalue weighted by Crippen LogP contribution is 2.36. The molecule has 1 aliphatic heterocycles. The molecule has 0 atom stereocenters. The summed E-state index contributed by atoms with van der Waals surface area (Å²) >= 11 is 0. The van der Waals surface area contributed by atoms with E-state index in [0.717, 1.165) is 34.1 Å².